The van der Waals surface area contributed by atoms with E-state index < -0.39 is 0 Å². The summed E-state index contributed by atoms with van der Waals surface area (Å²) in [6.45, 7) is 2.25. The van der Waals surface area contributed by atoms with Crippen LogP contribution in [0, 0.1) is 5.92 Å². The number of aliphatic hydroxyl groups excluding tert-OH is 1. The van der Waals surface area contributed by atoms with Crippen molar-refractivity contribution in [3.05, 3.63) is 0 Å². The van der Waals surface area contributed by atoms with E-state index in [0.29, 0.717) is 18.1 Å². The Balaban J connectivity index is 1.54. The van der Waals surface area contributed by atoms with E-state index in [9.17, 15) is 5.11 Å². The normalized spacial score (nSPS) is 33.2. The van der Waals surface area contributed by atoms with Gasteiger partial charge in [0.25, 0.3) is 0 Å². The standard InChI is InChI=1S/C15H28O2/c1-2-3-4-5-6-7-8-14(16)13-11-12-9-10-15(13)17-12/h12-16H,2-11H2,1H3. The van der Waals surface area contributed by atoms with E-state index in [1.54, 1.807) is 0 Å². The highest BCUT2D eigenvalue weighted by molar-refractivity contribution is 4.92. The summed E-state index contributed by atoms with van der Waals surface area (Å²) in [6.07, 6.45) is 13.1. The lowest BCUT2D eigenvalue weighted by molar-refractivity contribution is 0.0377. The fourth-order valence-electron chi connectivity index (χ4n) is 3.43. The maximum Gasteiger partial charge on any atom is 0.0633 e. The molecule has 4 unspecified atom stereocenters. The number of hydrogen-bond donors (Lipinski definition) is 1. The van der Waals surface area contributed by atoms with Gasteiger partial charge in [0.15, 0.2) is 0 Å². The van der Waals surface area contributed by atoms with E-state index in [0.717, 1.165) is 12.8 Å². The summed E-state index contributed by atoms with van der Waals surface area (Å²) in [5, 5.41) is 10.2. The Morgan fingerprint density at radius 2 is 1.88 bits per heavy atom. The highest BCUT2D eigenvalue weighted by Gasteiger charge is 2.43. The molecule has 0 radical (unpaired) electrons. The minimum absolute atomic E-state index is 0.100. The van der Waals surface area contributed by atoms with Gasteiger partial charge in [-0.3, -0.25) is 0 Å². The Morgan fingerprint density at radius 3 is 2.53 bits per heavy atom. The molecule has 2 saturated heterocycles. The molecule has 2 aliphatic heterocycles. The van der Waals surface area contributed by atoms with Crippen molar-refractivity contribution in [2.24, 2.45) is 5.92 Å². The maximum atomic E-state index is 10.2. The van der Waals surface area contributed by atoms with Gasteiger partial charge in [-0.05, 0) is 25.7 Å². The van der Waals surface area contributed by atoms with Gasteiger partial charge in [0, 0.05) is 5.92 Å². The van der Waals surface area contributed by atoms with E-state index in [1.165, 1.54) is 51.4 Å². The molecule has 0 aliphatic carbocycles. The van der Waals surface area contributed by atoms with Crippen LogP contribution in [0.3, 0.4) is 0 Å². The van der Waals surface area contributed by atoms with Gasteiger partial charge in [-0.15, -0.1) is 0 Å². The third-order valence-electron chi connectivity index (χ3n) is 4.50. The molecule has 17 heavy (non-hydrogen) atoms. The van der Waals surface area contributed by atoms with E-state index in [1.807, 2.05) is 0 Å². The van der Waals surface area contributed by atoms with Crippen LogP contribution >= 0.6 is 0 Å². The van der Waals surface area contributed by atoms with Gasteiger partial charge in [-0.1, -0.05) is 45.4 Å². The Hall–Kier alpha value is -0.0800. The molecule has 0 aromatic rings. The van der Waals surface area contributed by atoms with Crippen LogP contribution in [0.15, 0.2) is 0 Å². The largest absolute Gasteiger partial charge is 0.393 e. The van der Waals surface area contributed by atoms with Gasteiger partial charge in [-0.25, -0.2) is 0 Å². The molecule has 0 amide bonds. The van der Waals surface area contributed by atoms with Crippen molar-refractivity contribution >= 4 is 0 Å². The first-order valence-corrected chi connectivity index (χ1v) is 7.64. The molecule has 0 spiro atoms. The molecule has 2 heteroatoms. The molecule has 2 rings (SSSR count). The quantitative estimate of drug-likeness (QED) is 0.656. The average Bonchev–Trinajstić information content (AvgIpc) is 2.95. The van der Waals surface area contributed by atoms with E-state index >= 15 is 0 Å². The molecule has 100 valence electrons. The summed E-state index contributed by atoms with van der Waals surface area (Å²) in [4.78, 5) is 0. The van der Waals surface area contributed by atoms with Crippen molar-refractivity contribution in [3.63, 3.8) is 0 Å². The second-order valence-electron chi connectivity index (χ2n) is 5.90. The molecule has 2 aliphatic rings. The topological polar surface area (TPSA) is 29.5 Å². The number of fused-ring (bicyclic) bond motifs is 2. The van der Waals surface area contributed by atoms with Crippen LogP contribution in [0.5, 0.6) is 0 Å². The van der Waals surface area contributed by atoms with Crippen LogP contribution in [0.1, 0.15) is 71.1 Å². The maximum absolute atomic E-state index is 10.2. The van der Waals surface area contributed by atoms with Gasteiger partial charge >= 0.3 is 0 Å². The van der Waals surface area contributed by atoms with Crippen molar-refractivity contribution in [1.29, 1.82) is 0 Å². The van der Waals surface area contributed by atoms with Crippen molar-refractivity contribution in [1.82, 2.24) is 0 Å². The van der Waals surface area contributed by atoms with Crippen molar-refractivity contribution in [3.8, 4) is 0 Å². The molecule has 2 nitrogen and oxygen atoms in total. The third-order valence-corrected chi connectivity index (χ3v) is 4.50. The summed E-state index contributed by atoms with van der Waals surface area (Å²) in [5.41, 5.74) is 0. The average molecular weight is 240 g/mol. The molecule has 4 atom stereocenters. The molecule has 0 aromatic heterocycles. The minimum Gasteiger partial charge on any atom is -0.393 e. The summed E-state index contributed by atoms with van der Waals surface area (Å²) in [5.74, 6) is 0.449. The summed E-state index contributed by atoms with van der Waals surface area (Å²) >= 11 is 0. The summed E-state index contributed by atoms with van der Waals surface area (Å²) < 4.78 is 5.81. The smallest absolute Gasteiger partial charge is 0.0633 e. The van der Waals surface area contributed by atoms with Gasteiger partial charge in [-0.2, -0.15) is 0 Å². The number of rotatable bonds is 8. The van der Waals surface area contributed by atoms with Gasteiger partial charge < -0.3 is 9.84 Å². The lowest BCUT2D eigenvalue weighted by atomic mass is 9.83. The highest BCUT2D eigenvalue weighted by Crippen LogP contribution is 2.41. The highest BCUT2D eigenvalue weighted by atomic mass is 16.5. The lowest BCUT2D eigenvalue weighted by Gasteiger charge is -2.24. The minimum atomic E-state index is -0.100. The van der Waals surface area contributed by atoms with Gasteiger partial charge in [0.05, 0.1) is 18.3 Å². The van der Waals surface area contributed by atoms with Gasteiger partial charge in [0.2, 0.25) is 0 Å². The third kappa shape index (κ3) is 3.69. The van der Waals surface area contributed by atoms with Crippen molar-refractivity contribution in [2.45, 2.75) is 89.4 Å². The van der Waals surface area contributed by atoms with Crippen LogP contribution in [-0.2, 0) is 4.74 Å². The first kappa shape index (κ1) is 13.4. The zero-order valence-electron chi connectivity index (χ0n) is 11.2. The van der Waals surface area contributed by atoms with Crippen LogP contribution in [-0.4, -0.2) is 23.4 Å². The van der Waals surface area contributed by atoms with Gasteiger partial charge in [0.1, 0.15) is 0 Å². The molecule has 0 saturated carbocycles. The Labute approximate surface area is 106 Å². The molecule has 1 N–H and O–H groups in total. The monoisotopic (exact) mass is 240 g/mol. The molecule has 2 fully saturated rings. The predicted molar refractivity (Wildman–Crippen MR) is 70.0 cm³/mol. The summed E-state index contributed by atoms with van der Waals surface area (Å²) in [6, 6.07) is 0. The molecular formula is C15H28O2. The zero-order valence-corrected chi connectivity index (χ0v) is 11.2. The lowest BCUT2D eigenvalue weighted by Crippen LogP contribution is -2.29. The molecule has 0 aromatic carbocycles. The first-order chi connectivity index (χ1) is 8.31. The number of ether oxygens (including phenoxy) is 1. The number of unbranched alkanes of at least 4 members (excludes halogenated alkanes) is 5. The van der Waals surface area contributed by atoms with Crippen molar-refractivity contribution < 1.29 is 9.84 Å². The Morgan fingerprint density at radius 1 is 1.12 bits per heavy atom. The number of hydrogen-bond acceptors (Lipinski definition) is 2. The van der Waals surface area contributed by atoms with Crippen LogP contribution in [0.25, 0.3) is 0 Å². The van der Waals surface area contributed by atoms with Crippen molar-refractivity contribution in [2.75, 3.05) is 0 Å². The van der Waals surface area contributed by atoms with E-state index in [4.69, 9.17) is 4.74 Å². The first-order valence-electron chi connectivity index (χ1n) is 7.64. The zero-order chi connectivity index (χ0) is 12.1. The number of aliphatic hydroxyl groups is 1. The van der Waals surface area contributed by atoms with E-state index in [-0.39, 0.29) is 6.10 Å². The fraction of sp³-hybridized carbons (Fsp3) is 1.00. The van der Waals surface area contributed by atoms with Crippen LogP contribution < -0.4 is 0 Å². The molecular weight excluding hydrogens is 212 g/mol. The second kappa shape index (κ2) is 6.75. The van der Waals surface area contributed by atoms with Crippen LogP contribution in [0.4, 0.5) is 0 Å². The van der Waals surface area contributed by atoms with E-state index in [2.05, 4.69) is 6.92 Å². The molecule has 2 heterocycles. The Kier molecular flexibility index (Phi) is 5.30. The fourth-order valence-corrected chi connectivity index (χ4v) is 3.43. The summed E-state index contributed by atoms with van der Waals surface area (Å²) in [7, 11) is 0. The predicted octanol–water partition coefficient (Wildman–Crippen LogP) is 3.67. The second-order valence-corrected chi connectivity index (χ2v) is 5.90. The van der Waals surface area contributed by atoms with Crippen LogP contribution in [0.2, 0.25) is 0 Å². The Bertz CT molecular complexity index is 217. The molecule has 2 bridgehead atoms. The SMILES string of the molecule is CCCCCCCCC(O)C1CC2CCC1O2.